The Labute approximate surface area is 88.4 Å². The van der Waals surface area contributed by atoms with Gasteiger partial charge in [-0.2, -0.15) is 0 Å². The molecule has 0 amide bonds. The smallest absolute Gasteiger partial charge is 0.0460 e. The summed E-state index contributed by atoms with van der Waals surface area (Å²) in [4.78, 5) is 3.22. The fourth-order valence-corrected chi connectivity index (χ4v) is 1.90. The largest absolute Gasteiger partial charge is 0.361 e. The summed E-state index contributed by atoms with van der Waals surface area (Å²) in [7, 11) is 0. The number of H-pyrrole nitrogens is 1. The standard InChI is InChI=1S/C14H10N/c1-2-5-11(6-3-1)12-7-4-8-14-13(12)9-10-15-14/h2-10,15H. The first-order chi connectivity index (χ1) is 7.45. The van der Waals surface area contributed by atoms with Crippen molar-refractivity contribution in [1.82, 2.24) is 4.98 Å². The van der Waals surface area contributed by atoms with E-state index < -0.39 is 0 Å². The highest BCUT2D eigenvalue weighted by Gasteiger charge is 2.02. The summed E-state index contributed by atoms with van der Waals surface area (Å²) < 4.78 is 0. The number of rotatable bonds is 1. The molecule has 1 heterocycles. The Morgan fingerprint density at radius 1 is 0.933 bits per heavy atom. The maximum Gasteiger partial charge on any atom is 0.0460 e. The molecule has 0 saturated carbocycles. The quantitative estimate of drug-likeness (QED) is 0.606. The summed E-state index contributed by atoms with van der Waals surface area (Å²) in [5.74, 6) is 0. The first kappa shape index (κ1) is 8.30. The van der Waals surface area contributed by atoms with Crippen LogP contribution < -0.4 is 0 Å². The van der Waals surface area contributed by atoms with Gasteiger partial charge >= 0.3 is 0 Å². The van der Waals surface area contributed by atoms with Gasteiger partial charge in [0.2, 0.25) is 0 Å². The highest BCUT2D eigenvalue weighted by atomic mass is 14.7. The lowest BCUT2D eigenvalue weighted by Gasteiger charge is -2.02. The number of hydrogen-bond acceptors (Lipinski definition) is 0. The van der Waals surface area contributed by atoms with Gasteiger partial charge in [0, 0.05) is 17.1 Å². The Kier molecular flexibility index (Phi) is 1.82. The highest BCUT2D eigenvalue weighted by Crippen LogP contribution is 2.27. The zero-order valence-corrected chi connectivity index (χ0v) is 8.20. The summed E-state index contributed by atoms with van der Waals surface area (Å²) in [6, 6.07) is 19.5. The van der Waals surface area contributed by atoms with Gasteiger partial charge in [-0.25, -0.2) is 0 Å². The van der Waals surface area contributed by atoms with E-state index in [2.05, 4.69) is 47.4 Å². The summed E-state index contributed by atoms with van der Waals surface area (Å²) in [5.41, 5.74) is 3.68. The molecule has 0 atom stereocenters. The molecule has 3 aromatic rings. The van der Waals surface area contributed by atoms with Crippen molar-refractivity contribution in [3.05, 3.63) is 60.8 Å². The van der Waals surface area contributed by atoms with Crippen LogP contribution in [-0.4, -0.2) is 4.98 Å². The fourth-order valence-electron chi connectivity index (χ4n) is 1.90. The van der Waals surface area contributed by atoms with Crippen LogP contribution >= 0.6 is 0 Å². The first-order valence-electron chi connectivity index (χ1n) is 4.98. The normalized spacial score (nSPS) is 10.7. The van der Waals surface area contributed by atoms with E-state index in [0.717, 1.165) is 0 Å². The van der Waals surface area contributed by atoms with Gasteiger partial charge in [-0.1, -0.05) is 36.4 Å². The van der Waals surface area contributed by atoms with Gasteiger partial charge in [0.15, 0.2) is 0 Å². The lowest BCUT2D eigenvalue weighted by molar-refractivity contribution is 1.48. The number of benzene rings is 2. The average molecular weight is 192 g/mol. The van der Waals surface area contributed by atoms with Gasteiger partial charge in [-0.05, 0) is 29.3 Å². The maximum atomic E-state index is 3.22. The number of nitrogens with one attached hydrogen (secondary N) is 1. The van der Waals surface area contributed by atoms with Gasteiger partial charge in [-0.3, -0.25) is 0 Å². The molecule has 0 aliphatic rings. The molecular weight excluding hydrogens is 182 g/mol. The molecule has 3 rings (SSSR count). The van der Waals surface area contributed by atoms with Crippen molar-refractivity contribution in [2.45, 2.75) is 0 Å². The second-order valence-electron chi connectivity index (χ2n) is 3.53. The summed E-state index contributed by atoms with van der Waals surface area (Å²) >= 11 is 0. The van der Waals surface area contributed by atoms with E-state index >= 15 is 0 Å². The minimum absolute atomic E-state index is 1.18. The van der Waals surface area contributed by atoms with Crippen molar-refractivity contribution in [2.75, 3.05) is 0 Å². The minimum Gasteiger partial charge on any atom is -0.361 e. The van der Waals surface area contributed by atoms with Crippen molar-refractivity contribution in [1.29, 1.82) is 0 Å². The zero-order valence-electron chi connectivity index (χ0n) is 8.20. The van der Waals surface area contributed by atoms with E-state index in [1.165, 1.54) is 22.0 Å². The van der Waals surface area contributed by atoms with E-state index in [9.17, 15) is 0 Å². The Hall–Kier alpha value is -2.02. The number of aromatic amines is 1. The van der Waals surface area contributed by atoms with E-state index in [-0.39, 0.29) is 0 Å². The van der Waals surface area contributed by atoms with Gasteiger partial charge in [0.25, 0.3) is 0 Å². The Morgan fingerprint density at radius 3 is 2.67 bits per heavy atom. The van der Waals surface area contributed by atoms with E-state index in [4.69, 9.17) is 0 Å². The third-order valence-corrected chi connectivity index (χ3v) is 2.62. The topological polar surface area (TPSA) is 15.8 Å². The number of fused-ring (bicyclic) bond motifs is 1. The lowest BCUT2D eigenvalue weighted by atomic mass is 10.0. The van der Waals surface area contributed by atoms with Crippen LogP contribution in [0.4, 0.5) is 0 Å². The van der Waals surface area contributed by atoms with Crippen molar-refractivity contribution in [3.63, 3.8) is 0 Å². The van der Waals surface area contributed by atoms with Crippen molar-refractivity contribution in [3.8, 4) is 11.1 Å². The lowest BCUT2D eigenvalue weighted by Crippen LogP contribution is -1.77. The molecule has 2 aromatic carbocycles. The molecule has 15 heavy (non-hydrogen) atoms. The minimum atomic E-state index is 1.18. The fraction of sp³-hybridized carbons (Fsp3) is 0. The molecule has 71 valence electrons. The first-order valence-corrected chi connectivity index (χ1v) is 4.98. The molecule has 1 radical (unpaired) electrons. The molecule has 1 nitrogen and oxygen atoms in total. The summed E-state index contributed by atoms with van der Waals surface area (Å²) in [6.07, 6.45) is 1.98. The summed E-state index contributed by atoms with van der Waals surface area (Å²) in [6.45, 7) is 0. The predicted octanol–water partition coefficient (Wildman–Crippen LogP) is 3.64. The molecule has 1 heteroatoms. The van der Waals surface area contributed by atoms with Crippen LogP contribution in [0.25, 0.3) is 22.0 Å². The maximum absolute atomic E-state index is 3.22. The molecular formula is C14H10N. The van der Waals surface area contributed by atoms with Crippen LogP contribution in [0.15, 0.2) is 54.7 Å². The molecule has 0 aliphatic carbocycles. The van der Waals surface area contributed by atoms with Crippen molar-refractivity contribution >= 4 is 10.9 Å². The highest BCUT2D eigenvalue weighted by molar-refractivity contribution is 5.94. The Bertz CT molecular complexity index is 578. The molecule has 1 N–H and O–H groups in total. The van der Waals surface area contributed by atoms with Crippen LogP contribution in [0.5, 0.6) is 0 Å². The molecule has 0 saturated heterocycles. The van der Waals surface area contributed by atoms with Crippen LogP contribution in [0, 0.1) is 6.07 Å². The van der Waals surface area contributed by atoms with Gasteiger partial charge in [0.05, 0.1) is 0 Å². The monoisotopic (exact) mass is 192 g/mol. The van der Waals surface area contributed by atoms with E-state index in [1.54, 1.807) is 0 Å². The van der Waals surface area contributed by atoms with Crippen molar-refractivity contribution < 1.29 is 0 Å². The van der Waals surface area contributed by atoms with Crippen LogP contribution in [0.2, 0.25) is 0 Å². The third kappa shape index (κ3) is 1.33. The molecule has 0 aliphatic heterocycles. The van der Waals surface area contributed by atoms with Crippen LogP contribution in [0.3, 0.4) is 0 Å². The summed E-state index contributed by atoms with van der Waals surface area (Å²) in [5, 5.41) is 1.27. The van der Waals surface area contributed by atoms with Crippen LogP contribution in [-0.2, 0) is 0 Å². The molecule has 0 fully saturated rings. The molecule has 0 spiro atoms. The predicted molar refractivity (Wildman–Crippen MR) is 62.6 cm³/mol. The number of hydrogen-bond donors (Lipinski definition) is 1. The second kappa shape index (κ2) is 3.28. The molecule has 1 aromatic heterocycles. The van der Waals surface area contributed by atoms with Gasteiger partial charge in [-0.15, -0.1) is 0 Å². The average Bonchev–Trinajstić information content (AvgIpc) is 2.78. The Balaban J connectivity index is 2.31. The van der Waals surface area contributed by atoms with Crippen LogP contribution in [0.1, 0.15) is 0 Å². The molecule has 0 unspecified atom stereocenters. The SMILES string of the molecule is [c]1ccc(-c2cccc3[nH]ccc23)cc1. The van der Waals surface area contributed by atoms with Crippen molar-refractivity contribution in [2.24, 2.45) is 0 Å². The Morgan fingerprint density at radius 2 is 1.80 bits per heavy atom. The third-order valence-electron chi connectivity index (χ3n) is 2.62. The van der Waals surface area contributed by atoms with Gasteiger partial charge in [0.1, 0.15) is 0 Å². The number of aromatic nitrogens is 1. The van der Waals surface area contributed by atoms with E-state index in [1.807, 2.05) is 18.3 Å². The molecule has 0 bridgehead atoms. The van der Waals surface area contributed by atoms with Gasteiger partial charge < -0.3 is 4.98 Å². The second-order valence-corrected chi connectivity index (χ2v) is 3.53. The van der Waals surface area contributed by atoms with E-state index in [0.29, 0.717) is 0 Å². The zero-order chi connectivity index (χ0) is 10.1.